The maximum atomic E-state index is 11.6. The fraction of sp³-hybridized carbons (Fsp3) is 0.556. The van der Waals surface area contributed by atoms with Crippen molar-refractivity contribution in [1.29, 1.82) is 0 Å². The topological polar surface area (TPSA) is 151 Å². The second kappa shape index (κ2) is 6.00. The van der Waals surface area contributed by atoms with Gasteiger partial charge in [0.2, 0.25) is 0 Å². The van der Waals surface area contributed by atoms with Crippen molar-refractivity contribution in [3.05, 3.63) is 33.1 Å². The van der Waals surface area contributed by atoms with E-state index in [0.29, 0.717) is 0 Å². The number of hydrogen-bond acceptors (Lipinski definition) is 7. The summed E-state index contributed by atoms with van der Waals surface area (Å²) < 4.78 is 21.5. The van der Waals surface area contributed by atoms with Crippen LogP contribution >= 0.6 is 8.25 Å². The smallest absolute Gasteiger partial charge is 0.330 e. The van der Waals surface area contributed by atoms with Crippen LogP contribution < -0.4 is 11.2 Å². The van der Waals surface area contributed by atoms with E-state index in [1.165, 1.54) is 0 Å². The highest BCUT2D eigenvalue weighted by Crippen LogP contribution is 2.34. The molecule has 0 radical (unpaired) electrons. The Morgan fingerprint density at radius 2 is 2.20 bits per heavy atom. The molecule has 1 aliphatic rings. The summed E-state index contributed by atoms with van der Waals surface area (Å²) in [5, 5.41) is 19.1. The third-order valence-corrected chi connectivity index (χ3v) is 3.33. The zero-order chi connectivity index (χ0) is 14.9. The lowest BCUT2D eigenvalue weighted by molar-refractivity contribution is -0.0544. The molecular formula is C9H13N2O8P. The van der Waals surface area contributed by atoms with Gasteiger partial charge < -0.3 is 24.4 Å². The quantitative estimate of drug-likeness (QED) is 0.448. The molecule has 1 aromatic rings. The minimum atomic E-state index is -3.36. The Balaban J connectivity index is 2.32. The van der Waals surface area contributed by atoms with Crippen molar-refractivity contribution in [2.75, 3.05) is 6.61 Å². The first kappa shape index (κ1) is 15.1. The van der Waals surface area contributed by atoms with E-state index in [9.17, 15) is 19.3 Å². The number of aromatic nitrogens is 2. The molecule has 0 spiro atoms. The van der Waals surface area contributed by atoms with Crippen LogP contribution in [-0.4, -0.2) is 49.6 Å². The average Bonchev–Trinajstić information content (AvgIpc) is 2.67. The first-order chi connectivity index (χ1) is 9.43. The monoisotopic (exact) mass is 308 g/mol. The van der Waals surface area contributed by atoms with Crippen molar-refractivity contribution in [3.63, 3.8) is 0 Å². The molecule has 2 rings (SSSR count). The van der Waals surface area contributed by atoms with Crippen molar-refractivity contribution in [3.8, 4) is 0 Å². The van der Waals surface area contributed by atoms with E-state index in [0.717, 1.165) is 16.8 Å². The number of nitrogens with one attached hydrogen (secondary N) is 1. The van der Waals surface area contributed by atoms with Crippen molar-refractivity contribution >= 4 is 8.25 Å². The minimum Gasteiger partial charge on any atom is -0.394 e. The summed E-state index contributed by atoms with van der Waals surface area (Å²) in [6.45, 7) is -0.578. The molecule has 1 saturated heterocycles. The van der Waals surface area contributed by atoms with Gasteiger partial charge in [-0.2, -0.15) is 0 Å². The summed E-state index contributed by atoms with van der Waals surface area (Å²) in [5.41, 5.74) is -1.44. The van der Waals surface area contributed by atoms with Gasteiger partial charge in [0.1, 0.15) is 18.3 Å². The van der Waals surface area contributed by atoms with E-state index in [4.69, 9.17) is 14.7 Å². The van der Waals surface area contributed by atoms with Crippen molar-refractivity contribution in [2.45, 2.75) is 24.5 Å². The number of aliphatic hydroxyl groups is 2. The predicted octanol–water partition coefficient (Wildman–Crippen LogP) is -2.45. The molecule has 0 bridgehead atoms. The van der Waals surface area contributed by atoms with Crippen molar-refractivity contribution in [1.82, 2.24) is 9.55 Å². The number of H-pyrrole nitrogens is 1. The molecule has 11 heteroatoms. The van der Waals surface area contributed by atoms with Gasteiger partial charge in [-0.3, -0.25) is 18.9 Å². The number of hydrogen-bond donors (Lipinski definition) is 4. The van der Waals surface area contributed by atoms with E-state index < -0.39 is 50.7 Å². The highest BCUT2D eigenvalue weighted by molar-refractivity contribution is 7.32. The number of aliphatic hydroxyl groups excluding tert-OH is 2. The van der Waals surface area contributed by atoms with Gasteiger partial charge >= 0.3 is 13.9 Å². The molecule has 4 N–H and O–H groups in total. The maximum absolute atomic E-state index is 11.6. The summed E-state index contributed by atoms with van der Waals surface area (Å²) in [4.78, 5) is 33.3. The summed E-state index contributed by atoms with van der Waals surface area (Å²) in [6.07, 6.45) is -3.94. The van der Waals surface area contributed by atoms with Gasteiger partial charge in [0, 0.05) is 12.3 Å². The molecule has 0 amide bonds. The lowest BCUT2D eigenvalue weighted by Gasteiger charge is -2.18. The molecule has 0 saturated carbocycles. The van der Waals surface area contributed by atoms with E-state index in [2.05, 4.69) is 4.52 Å². The van der Waals surface area contributed by atoms with Gasteiger partial charge in [0.05, 0.1) is 6.61 Å². The zero-order valence-electron chi connectivity index (χ0n) is 10.0. The molecule has 1 fully saturated rings. The summed E-state index contributed by atoms with van der Waals surface area (Å²) in [5.74, 6) is 0. The molecule has 5 atom stereocenters. The van der Waals surface area contributed by atoms with Gasteiger partial charge in [0.25, 0.3) is 5.56 Å². The Bertz CT molecular complexity index is 612. The fourth-order valence-electron chi connectivity index (χ4n) is 1.99. The van der Waals surface area contributed by atoms with Gasteiger partial charge in [-0.15, -0.1) is 0 Å². The van der Waals surface area contributed by atoms with E-state index in [1.807, 2.05) is 4.98 Å². The number of aromatic amines is 1. The molecule has 0 aliphatic carbocycles. The van der Waals surface area contributed by atoms with Crippen LogP contribution in [0, 0.1) is 0 Å². The predicted molar refractivity (Wildman–Crippen MR) is 64.4 cm³/mol. The lowest BCUT2D eigenvalue weighted by Crippen LogP contribution is -2.38. The molecule has 112 valence electrons. The third kappa shape index (κ3) is 2.90. The Morgan fingerprint density at radius 3 is 2.75 bits per heavy atom. The molecular weight excluding hydrogens is 295 g/mol. The maximum Gasteiger partial charge on any atom is 0.330 e. The van der Waals surface area contributed by atoms with Crippen LogP contribution in [0.15, 0.2) is 21.9 Å². The first-order valence-corrected chi connectivity index (χ1v) is 6.86. The highest BCUT2D eigenvalue weighted by Gasteiger charge is 2.46. The van der Waals surface area contributed by atoms with Gasteiger partial charge in [0.15, 0.2) is 6.23 Å². The molecule has 1 aromatic heterocycles. The molecule has 10 nitrogen and oxygen atoms in total. The molecule has 1 aliphatic heterocycles. The van der Waals surface area contributed by atoms with Crippen molar-refractivity contribution in [2.24, 2.45) is 0 Å². The third-order valence-electron chi connectivity index (χ3n) is 2.85. The Kier molecular flexibility index (Phi) is 4.53. The van der Waals surface area contributed by atoms with E-state index in [1.54, 1.807) is 0 Å². The molecule has 20 heavy (non-hydrogen) atoms. The van der Waals surface area contributed by atoms with Crippen LogP contribution in [0.2, 0.25) is 0 Å². The molecule has 0 aromatic carbocycles. The Morgan fingerprint density at radius 1 is 1.50 bits per heavy atom. The molecule has 2 heterocycles. The standard InChI is InChI=1S/C9H13N2O8P/c12-3-4-7(19-20(16)17)6(14)8(18-4)11-2-1-5(13)10-9(11)15/h1-2,4,6-8,12,14,20H,3H2,(H,16,17)(H,10,13,15). The number of nitrogens with zero attached hydrogens (tertiary/aromatic N) is 1. The van der Waals surface area contributed by atoms with Crippen LogP contribution in [0.1, 0.15) is 6.23 Å². The minimum absolute atomic E-state index is 0.578. The van der Waals surface area contributed by atoms with Crippen LogP contribution in [0.5, 0.6) is 0 Å². The van der Waals surface area contributed by atoms with Crippen molar-refractivity contribution < 1.29 is 28.9 Å². The van der Waals surface area contributed by atoms with Gasteiger partial charge in [-0.25, -0.2) is 4.79 Å². The van der Waals surface area contributed by atoms with Gasteiger partial charge in [-0.05, 0) is 0 Å². The zero-order valence-corrected chi connectivity index (χ0v) is 11.0. The highest BCUT2D eigenvalue weighted by atomic mass is 31.1. The number of ether oxygens (including phenoxy) is 1. The second-order valence-corrected chi connectivity index (χ2v) is 4.87. The second-order valence-electron chi connectivity index (χ2n) is 4.10. The van der Waals surface area contributed by atoms with Crippen LogP contribution in [0.3, 0.4) is 0 Å². The Labute approximate surface area is 112 Å². The largest absolute Gasteiger partial charge is 0.394 e. The number of rotatable bonds is 4. The lowest BCUT2D eigenvalue weighted by atomic mass is 10.1. The fourth-order valence-corrected chi connectivity index (χ4v) is 2.51. The molecule has 5 unspecified atom stereocenters. The van der Waals surface area contributed by atoms with Gasteiger partial charge in [-0.1, -0.05) is 0 Å². The van der Waals surface area contributed by atoms with E-state index in [-0.39, 0.29) is 0 Å². The summed E-state index contributed by atoms with van der Waals surface area (Å²) in [7, 11) is -3.36. The first-order valence-electron chi connectivity index (χ1n) is 5.59. The van der Waals surface area contributed by atoms with E-state index >= 15 is 0 Å². The average molecular weight is 308 g/mol. The summed E-state index contributed by atoms with van der Waals surface area (Å²) in [6, 6.07) is 1.05. The van der Waals surface area contributed by atoms with Crippen LogP contribution in [0.25, 0.3) is 0 Å². The SMILES string of the molecule is O=c1ccn(C2OC(CO)C(O[PH](=O)O)C2O)c(=O)[nH]1. The normalized spacial score (nSPS) is 31.4. The Hall–Kier alpha value is -1.29. The van der Waals surface area contributed by atoms with Crippen LogP contribution in [0.4, 0.5) is 0 Å². The van der Waals surface area contributed by atoms with Crippen LogP contribution in [-0.2, 0) is 13.8 Å². The summed E-state index contributed by atoms with van der Waals surface area (Å²) >= 11 is 0.